The van der Waals surface area contributed by atoms with Gasteiger partial charge in [-0.3, -0.25) is 4.79 Å². The minimum absolute atomic E-state index is 0.319. The highest BCUT2D eigenvalue weighted by atomic mass is 16.5. The van der Waals surface area contributed by atoms with Gasteiger partial charge in [0.05, 0.1) is 18.6 Å². The van der Waals surface area contributed by atoms with E-state index in [-0.39, 0.29) is 5.97 Å². The molecule has 0 saturated carbocycles. The van der Waals surface area contributed by atoms with E-state index in [9.17, 15) is 9.90 Å². The summed E-state index contributed by atoms with van der Waals surface area (Å²) in [5.41, 5.74) is 1.14. The lowest BCUT2D eigenvalue weighted by molar-refractivity contribution is -0.151. The molecule has 0 aliphatic carbocycles. The maximum Gasteiger partial charge on any atom is 0.311 e. The van der Waals surface area contributed by atoms with E-state index in [0.29, 0.717) is 13.0 Å². The maximum atomic E-state index is 11.4. The van der Waals surface area contributed by atoms with E-state index in [4.69, 9.17) is 4.74 Å². The standard InChI is InChI=1S/C11H20O3/c1-5-14-11(13)10(9(4)12)7-6-8(2)3/h6,9-10,12H,5,7H2,1-4H3. The normalized spacial score (nSPS) is 14.4. The van der Waals surface area contributed by atoms with Crippen molar-refractivity contribution in [2.24, 2.45) is 5.92 Å². The Balaban J connectivity index is 4.29. The van der Waals surface area contributed by atoms with Gasteiger partial charge < -0.3 is 9.84 Å². The van der Waals surface area contributed by atoms with Crippen molar-refractivity contribution in [3.63, 3.8) is 0 Å². The van der Waals surface area contributed by atoms with Crippen molar-refractivity contribution in [1.82, 2.24) is 0 Å². The molecule has 3 heteroatoms. The average Bonchev–Trinajstić information content (AvgIpc) is 2.03. The van der Waals surface area contributed by atoms with Gasteiger partial charge in [0.25, 0.3) is 0 Å². The summed E-state index contributed by atoms with van der Waals surface area (Å²) in [5, 5.41) is 9.39. The van der Waals surface area contributed by atoms with Crippen molar-refractivity contribution in [2.45, 2.75) is 40.2 Å². The van der Waals surface area contributed by atoms with E-state index in [0.717, 1.165) is 5.57 Å². The molecule has 0 heterocycles. The van der Waals surface area contributed by atoms with Crippen LogP contribution in [0.15, 0.2) is 11.6 Å². The van der Waals surface area contributed by atoms with Gasteiger partial charge in [-0.15, -0.1) is 0 Å². The minimum atomic E-state index is -0.662. The number of hydrogen-bond acceptors (Lipinski definition) is 3. The maximum absolute atomic E-state index is 11.4. The lowest BCUT2D eigenvalue weighted by atomic mass is 9.99. The molecule has 0 amide bonds. The van der Waals surface area contributed by atoms with Gasteiger partial charge in [0, 0.05) is 0 Å². The third-order valence-electron chi connectivity index (χ3n) is 1.95. The van der Waals surface area contributed by atoms with E-state index in [1.54, 1.807) is 13.8 Å². The molecule has 2 unspecified atom stereocenters. The molecule has 82 valence electrons. The van der Waals surface area contributed by atoms with Gasteiger partial charge >= 0.3 is 5.97 Å². The molecule has 1 N–H and O–H groups in total. The summed E-state index contributed by atoms with van der Waals surface area (Å²) < 4.78 is 4.87. The van der Waals surface area contributed by atoms with Crippen molar-refractivity contribution < 1.29 is 14.6 Å². The molecule has 0 aromatic rings. The Morgan fingerprint density at radius 2 is 2.07 bits per heavy atom. The Kier molecular flexibility index (Phi) is 6.21. The Labute approximate surface area is 85.8 Å². The summed E-state index contributed by atoms with van der Waals surface area (Å²) in [6, 6.07) is 0. The van der Waals surface area contributed by atoms with Crippen LogP contribution in [0.3, 0.4) is 0 Å². The number of rotatable bonds is 5. The van der Waals surface area contributed by atoms with Crippen LogP contribution in [0.4, 0.5) is 0 Å². The second-order valence-electron chi connectivity index (χ2n) is 3.62. The van der Waals surface area contributed by atoms with Crippen LogP contribution in [0.25, 0.3) is 0 Å². The van der Waals surface area contributed by atoms with Crippen LogP contribution in [0.5, 0.6) is 0 Å². The van der Waals surface area contributed by atoms with E-state index < -0.39 is 12.0 Å². The van der Waals surface area contributed by atoms with Gasteiger partial charge in [-0.1, -0.05) is 11.6 Å². The number of ether oxygens (including phenoxy) is 1. The highest BCUT2D eigenvalue weighted by Gasteiger charge is 2.23. The van der Waals surface area contributed by atoms with E-state index in [1.807, 2.05) is 19.9 Å². The molecule has 0 saturated heterocycles. The highest BCUT2D eigenvalue weighted by Crippen LogP contribution is 2.13. The van der Waals surface area contributed by atoms with Gasteiger partial charge in [-0.25, -0.2) is 0 Å². The summed E-state index contributed by atoms with van der Waals surface area (Å²) in [7, 11) is 0. The zero-order valence-electron chi connectivity index (χ0n) is 9.41. The van der Waals surface area contributed by atoms with Crippen molar-refractivity contribution in [1.29, 1.82) is 0 Å². The van der Waals surface area contributed by atoms with Crippen LogP contribution in [0.2, 0.25) is 0 Å². The number of hydrogen-bond donors (Lipinski definition) is 1. The van der Waals surface area contributed by atoms with Crippen LogP contribution >= 0.6 is 0 Å². The van der Waals surface area contributed by atoms with Gasteiger partial charge in [0.1, 0.15) is 0 Å². The van der Waals surface area contributed by atoms with Gasteiger partial charge in [-0.2, -0.15) is 0 Å². The SMILES string of the molecule is CCOC(=O)C(CC=C(C)C)C(C)O. The molecule has 2 atom stereocenters. The van der Waals surface area contributed by atoms with E-state index in [1.165, 1.54) is 0 Å². The minimum Gasteiger partial charge on any atom is -0.466 e. The van der Waals surface area contributed by atoms with Crippen LogP contribution < -0.4 is 0 Å². The Morgan fingerprint density at radius 3 is 2.43 bits per heavy atom. The topological polar surface area (TPSA) is 46.5 Å². The first-order valence-electron chi connectivity index (χ1n) is 4.97. The van der Waals surface area contributed by atoms with E-state index >= 15 is 0 Å². The van der Waals surface area contributed by atoms with Gasteiger partial charge in [0.15, 0.2) is 0 Å². The van der Waals surface area contributed by atoms with Crippen molar-refractivity contribution in [3.8, 4) is 0 Å². The first-order valence-corrected chi connectivity index (χ1v) is 4.97. The van der Waals surface area contributed by atoms with Crippen molar-refractivity contribution >= 4 is 5.97 Å². The second kappa shape index (κ2) is 6.60. The summed E-state index contributed by atoms with van der Waals surface area (Å²) in [6.07, 6.45) is 1.82. The molecule has 0 aromatic carbocycles. The lowest BCUT2D eigenvalue weighted by Gasteiger charge is -2.16. The van der Waals surface area contributed by atoms with Crippen LogP contribution in [0.1, 0.15) is 34.1 Å². The van der Waals surface area contributed by atoms with E-state index in [2.05, 4.69) is 0 Å². The number of aliphatic hydroxyl groups excluding tert-OH is 1. The number of carbonyl (C=O) groups is 1. The fourth-order valence-corrected chi connectivity index (χ4v) is 1.10. The first-order chi connectivity index (χ1) is 6.49. The summed E-state index contributed by atoms with van der Waals surface area (Å²) in [6.45, 7) is 7.66. The fraction of sp³-hybridized carbons (Fsp3) is 0.727. The summed E-state index contributed by atoms with van der Waals surface area (Å²) in [5.74, 6) is -0.759. The monoisotopic (exact) mass is 200 g/mol. The number of carbonyl (C=O) groups excluding carboxylic acids is 1. The molecule has 0 rings (SSSR count). The predicted molar refractivity (Wildman–Crippen MR) is 55.9 cm³/mol. The molecule has 0 fully saturated rings. The Bertz CT molecular complexity index is 203. The van der Waals surface area contributed by atoms with Crippen LogP contribution in [-0.4, -0.2) is 23.8 Å². The van der Waals surface area contributed by atoms with Crippen LogP contribution in [0, 0.1) is 5.92 Å². The largest absolute Gasteiger partial charge is 0.466 e. The van der Waals surface area contributed by atoms with Gasteiger partial charge in [-0.05, 0) is 34.1 Å². The number of allylic oxidation sites excluding steroid dienone is 2. The number of aliphatic hydroxyl groups is 1. The Hall–Kier alpha value is -0.830. The average molecular weight is 200 g/mol. The molecule has 0 radical (unpaired) electrons. The van der Waals surface area contributed by atoms with Crippen molar-refractivity contribution in [2.75, 3.05) is 6.61 Å². The molecule has 14 heavy (non-hydrogen) atoms. The molecule has 0 aliphatic heterocycles. The van der Waals surface area contributed by atoms with Crippen LogP contribution in [-0.2, 0) is 9.53 Å². The first kappa shape index (κ1) is 13.2. The zero-order valence-corrected chi connectivity index (χ0v) is 9.41. The molecular weight excluding hydrogens is 180 g/mol. The summed E-state index contributed by atoms with van der Waals surface area (Å²) >= 11 is 0. The van der Waals surface area contributed by atoms with Gasteiger partial charge in [0.2, 0.25) is 0 Å². The third kappa shape index (κ3) is 5.02. The molecule has 0 aliphatic rings. The predicted octanol–water partition coefficient (Wildman–Crippen LogP) is 1.90. The fourth-order valence-electron chi connectivity index (χ4n) is 1.10. The molecular formula is C11H20O3. The zero-order chi connectivity index (χ0) is 11.1. The number of esters is 1. The van der Waals surface area contributed by atoms with Crippen molar-refractivity contribution in [3.05, 3.63) is 11.6 Å². The quantitative estimate of drug-likeness (QED) is 0.544. The molecule has 0 aromatic heterocycles. The smallest absolute Gasteiger partial charge is 0.311 e. The molecule has 0 bridgehead atoms. The Morgan fingerprint density at radius 1 is 1.50 bits per heavy atom. The third-order valence-corrected chi connectivity index (χ3v) is 1.95. The highest BCUT2D eigenvalue weighted by molar-refractivity contribution is 5.73. The lowest BCUT2D eigenvalue weighted by Crippen LogP contribution is -2.27. The molecule has 3 nitrogen and oxygen atoms in total. The second-order valence-corrected chi connectivity index (χ2v) is 3.62. The summed E-state index contributed by atoms with van der Waals surface area (Å²) in [4.78, 5) is 11.4. The molecule has 0 spiro atoms.